The van der Waals surface area contributed by atoms with Gasteiger partial charge in [0.05, 0.1) is 11.3 Å². The van der Waals surface area contributed by atoms with Gasteiger partial charge in [0.25, 0.3) is 0 Å². The Kier molecular flexibility index (Phi) is 5.39. The number of hydrogen-bond donors (Lipinski definition) is 2. The van der Waals surface area contributed by atoms with Crippen LogP contribution in [-0.4, -0.2) is 11.8 Å². The van der Waals surface area contributed by atoms with Gasteiger partial charge in [-0.1, -0.05) is 24.3 Å². The second-order valence-corrected chi connectivity index (χ2v) is 6.45. The third-order valence-corrected chi connectivity index (χ3v) is 3.89. The second kappa shape index (κ2) is 7.19. The van der Waals surface area contributed by atoms with Crippen LogP contribution in [0.5, 0.6) is 0 Å². The van der Waals surface area contributed by atoms with Crippen molar-refractivity contribution in [2.75, 3.05) is 10.6 Å². The summed E-state index contributed by atoms with van der Waals surface area (Å²) in [6.45, 7) is 4.55. The Balaban J connectivity index is 2.19. The first kappa shape index (κ1) is 19.5. The number of para-hydroxylation sites is 1. The Bertz CT molecular complexity index is 830. The van der Waals surface area contributed by atoms with Crippen LogP contribution in [0.2, 0.25) is 0 Å². The Morgan fingerprint density at radius 1 is 0.885 bits per heavy atom. The second-order valence-electron chi connectivity index (χ2n) is 6.45. The van der Waals surface area contributed by atoms with Gasteiger partial charge in [0.15, 0.2) is 0 Å². The summed E-state index contributed by atoms with van der Waals surface area (Å²) in [5.74, 6) is -1.45. The third-order valence-electron chi connectivity index (χ3n) is 3.89. The Morgan fingerprint density at radius 2 is 1.50 bits per heavy atom. The summed E-state index contributed by atoms with van der Waals surface area (Å²) in [4.78, 5) is 24.9. The van der Waals surface area contributed by atoms with Gasteiger partial charge in [-0.2, -0.15) is 13.2 Å². The van der Waals surface area contributed by atoms with E-state index in [1.54, 1.807) is 18.2 Å². The van der Waals surface area contributed by atoms with Crippen LogP contribution in [0.25, 0.3) is 0 Å². The molecule has 0 saturated heterocycles. The van der Waals surface area contributed by atoms with Gasteiger partial charge in [0.1, 0.15) is 5.41 Å². The third kappa shape index (κ3) is 4.41. The van der Waals surface area contributed by atoms with E-state index < -0.39 is 29.0 Å². The molecule has 0 fully saturated rings. The molecule has 2 aromatic rings. The first-order chi connectivity index (χ1) is 12.0. The number of amides is 2. The lowest BCUT2D eigenvalue weighted by atomic mass is 9.90. The number of benzene rings is 2. The van der Waals surface area contributed by atoms with Crippen LogP contribution >= 0.6 is 0 Å². The minimum Gasteiger partial charge on any atom is -0.325 e. The quantitative estimate of drug-likeness (QED) is 0.778. The number of hydrogen-bond acceptors (Lipinski definition) is 2. The molecule has 2 N–H and O–H groups in total. The molecule has 0 unspecified atom stereocenters. The molecular formula is C19H19F3N2O2. The minimum absolute atomic E-state index is 0.388. The molecule has 0 aromatic heterocycles. The summed E-state index contributed by atoms with van der Waals surface area (Å²) in [5.41, 5.74) is -1.51. The smallest absolute Gasteiger partial charge is 0.325 e. The van der Waals surface area contributed by atoms with E-state index in [-0.39, 0.29) is 5.69 Å². The van der Waals surface area contributed by atoms with Crippen molar-refractivity contribution in [2.45, 2.75) is 26.9 Å². The normalized spacial score (nSPS) is 11.8. The van der Waals surface area contributed by atoms with Crippen molar-refractivity contribution in [3.05, 3.63) is 59.7 Å². The highest BCUT2D eigenvalue weighted by molar-refractivity contribution is 6.14. The van der Waals surface area contributed by atoms with Crippen molar-refractivity contribution in [2.24, 2.45) is 5.41 Å². The van der Waals surface area contributed by atoms with Crippen molar-refractivity contribution in [1.29, 1.82) is 0 Å². The molecule has 0 aliphatic carbocycles. The van der Waals surface area contributed by atoms with Crippen molar-refractivity contribution >= 4 is 23.2 Å². The van der Waals surface area contributed by atoms with E-state index in [2.05, 4.69) is 10.6 Å². The van der Waals surface area contributed by atoms with Crippen molar-refractivity contribution < 1.29 is 22.8 Å². The van der Waals surface area contributed by atoms with Crippen molar-refractivity contribution in [1.82, 2.24) is 0 Å². The molecule has 138 valence electrons. The van der Waals surface area contributed by atoms with Gasteiger partial charge in [0, 0.05) is 5.69 Å². The molecule has 26 heavy (non-hydrogen) atoms. The van der Waals surface area contributed by atoms with Crippen molar-refractivity contribution in [3.8, 4) is 0 Å². The Labute approximate surface area is 149 Å². The Morgan fingerprint density at radius 3 is 2.12 bits per heavy atom. The summed E-state index contributed by atoms with van der Waals surface area (Å²) < 4.78 is 39.1. The van der Waals surface area contributed by atoms with Crippen LogP contribution in [0.1, 0.15) is 25.0 Å². The van der Waals surface area contributed by atoms with E-state index in [9.17, 15) is 22.8 Å². The maximum atomic E-state index is 13.0. The lowest BCUT2D eigenvalue weighted by Crippen LogP contribution is -2.41. The first-order valence-electron chi connectivity index (χ1n) is 7.87. The van der Waals surface area contributed by atoms with Gasteiger partial charge in [-0.3, -0.25) is 9.59 Å². The standard InChI is InChI=1S/C19H19F3N2O2/c1-12-7-6-8-13(11-12)23-16(25)18(2,3)17(26)24-15-10-5-4-9-14(15)19(20,21)22/h4-11H,1-3H3,(H,23,25)(H,24,26). The van der Waals surface area contributed by atoms with E-state index in [1.807, 2.05) is 13.0 Å². The Hall–Kier alpha value is -2.83. The first-order valence-corrected chi connectivity index (χ1v) is 7.87. The molecule has 0 heterocycles. The van der Waals surface area contributed by atoms with Crippen molar-refractivity contribution in [3.63, 3.8) is 0 Å². The fourth-order valence-corrected chi connectivity index (χ4v) is 2.23. The predicted molar refractivity (Wildman–Crippen MR) is 93.7 cm³/mol. The van der Waals surface area contributed by atoms with E-state index >= 15 is 0 Å². The largest absolute Gasteiger partial charge is 0.418 e. The fourth-order valence-electron chi connectivity index (χ4n) is 2.23. The SMILES string of the molecule is Cc1cccc(NC(=O)C(C)(C)C(=O)Nc2ccccc2C(F)(F)F)c1. The van der Waals surface area contributed by atoms with Crippen LogP contribution in [0.4, 0.5) is 24.5 Å². The number of carbonyl (C=O) groups is 2. The van der Waals surface area contributed by atoms with Crippen LogP contribution in [0, 0.1) is 12.3 Å². The van der Waals surface area contributed by atoms with Crippen LogP contribution in [0.3, 0.4) is 0 Å². The minimum atomic E-state index is -4.61. The van der Waals surface area contributed by atoms with Gasteiger partial charge in [-0.15, -0.1) is 0 Å². The topological polar surface area (TPSA) is 58.2 Å². The van der Waals surface area contributed by atoms with E-state index in [0.717, 1.165) is 17.7 Å². The average Bonchev–Trinajstić information content (AvgIpc) is 2.54. The zero-order valence-corrected chi connectivity index (χ0v) is 14.6. The molecule has 2 rings (SSSR count). The molecule has 0 aliphatic rings. The fraction of sp³-hybridized carbons (Fsp3) is 0.263. The highest BCUT2D eigenvalue weighted by Crippen LogP contribution is 2.35. The van der Waals surface area contributed by atoms with Crippen LogP contribution < -0.4 is 10.6 Å². The highest BCUT2D eigenvalue weighted by atomic mass is 19.4. The number of alkyl halides is 3. The molecule has 0 bridgehead atoms. The number of carbonyl (C=O) groups excluding carboxylic acids is 2. The van der Waals surface area contributed by atoms with Gasteiger partial charge < -0.3 is 10.6 Å². The summed E-state index contributed by atoms with van der Waals surface area (Å²) in [6.07, 6.45) is -4.61. The molecule has 0 aliphatic heterocycles. The zero-order chi connectivity index (χ0) is 19.5. The molecule has 2 aromatic carbocycles. The molecular weight excluding hydrogens is 345 g/mol. The summed E-state index contributed by atoms with van der Waals surface area (Å²) in [6, 6.07) is 11.6. The molecule has 2 amide bonds. The van der Waals surface area contributed by atoms with E-state index in [1.165, 1.54) is 26.0 Å². The van der Waals surface area contributed by atoms with Gasteiger partial charge in [-0.05, 0) is 50.6 Å². The number of anilines is 2. The molecule has 7 heteroatoms. The molecule has 0 spiro atoms. The highest BCUT2D eigenvalue weighted by Gasteiger charge is 2.38. The van der Waals surface area contributed by atoms with E-state index in [0.29, 0.717) is 5.69 Å². The van der Waals surface area contributed by atoms with E-state index in [4.69, 9.17) is 0 Å². The maximum absolute atomic E-state index is 13.0. The van der Waals surface area contributed by atoms with Gasteiger partial charge >= 0.3 is 6.18 Å². The number of halogens is 3. The lowest BCUT2D eigenvalue weighted by molar-refractivity contribution is -0.137. The number of aryl methyl sites for hydroxylation is 1. The molecule has 0 atom stereocenters. The van der Waals surface area contributed by atoms with Gasteiger partial charge in [-0.25, -0.2) is 0 Å². The monoisotopic (exact) mass is 364 g/mol. The van der Waals surface area contributed by atoms with Gasteiger partial charge in [0.2, 0.25) is 11.8 Å². The summed E-state index contributed by atoms with van der Waals surface area (Å²) in [7, 11) is 0. The molecule has 0 saturated carbocycles. The zero-order valence-electron chi connectivity index (χ0n) is 14.6. The van der Waals surface area contributed by atoms with Crippen LogP contribution in [-0.2, 0) is 15.8 Å². The summed E-state index contributed by atoms with van der Waals surface area (Å²) >= 11 is 0. The molecule has 4 nitrogen and oxygen atoms in total. The number of nitrogens with one attached hydrogen (secondary N) is 2. The average molecular weight is 364 g/mol. The predicted octanol–water partition coefficient (Wildman–Crippen LogP) is 4.62. The molecule has 0 radical (unpaired) electrons. The lowest BCUT2D eigenvalue weighted by Gasteiger charge is -2.24. The van der Waals surface area contributed by atoms with Crippen LogP contribution in [0.15, 0.2) is 48.5 Å². The maximum Gasteiger partial charge on any atom is 0.418 e. The summed E-state index contributed by atoms with van der Waals surface area (Å²) in [5, 5.41) is 4.83. The number of rotatable bonds is 4.